The van der Waals surface area contributed by atoms with Gasteiger partial charge in [0.1, 0.15) is 5.60 Å². The quantitative estimate of drug-likeness (QED) is 0.790. The number of hydrogen-bond donors (Lipinski definition) is 0. The van der Waals surface area contributed by atoms with Crippen molar-refractivity contribution in [1.29, 1.82) is 0 Å². The summed E-state index contributed by atoms with van der Waals surface area (Å²) in [5.74, 6) is -0.818. The summed E-state index contributed by atoms with van der Waals surface area (Å²) in [6.45, 7) is 6.85. The van der Waals surface area contributed by atoms with Crippen LogP contribution in [-0.2, 0) is 4.74 Å². The zero-order valence-corrected chi connectivity index (χ0v) is 16.2. The molecule has 2 unspecified atom stereocenters. The van der Waals surface area contributed by atoms with Gasteiger partial charge in [0.15, 0.2) is 11.5 Å². The Morgan fingerprint density at radius 3 is 2.59 bits per heavy atom. The average molecular weight is 379 g/mol. The largest absolute Gasteiger partial charge is 0.481 e. The summed E-state index contributed by atoms with van der Waals surface area (Å²) in [5.41, 5.74) is -0.823. The van der Waals surface area contributed by atoms with Crippen LogP contribution in [0, 0.1) is 11.7 Å². The molecule has 8 heteroatoms. The normalized spacial score (nSPS) is 22.4. The summed E-state index contributed by atoms with van der Waals surface area (Å²) in [4.78, 5) is 32.7. The number of amides is 2. The first-order valence-corrected chi connectivity index (χ1v) is 9.17. The minimum absolute atomic E-state index is 0.133. The minimum Gasteiger partial charge on any atom is -0.481 e. The van der Waals surface area contributed by atoms with Crippen LogP contribution in [0.1, 0.15) is 44.1 Å². The fraction of sp³-hybridized carbons (Fsp3) is 0.632. The maximum absolute atomic E-state index is 14.2. The van der Waals surface area contributed by atoms with Gasteiger partial charge in [-0.1, -0.05) is 0 Å². The van der Waals surface area contributed by atoms with Crippen LogP contribution in [0.3, 0.4) is 0 Å². The number of aromatic nitrogens is 1. The molecular weight excluding hydrogens is 353 g/mol. The van der Waals surface area contributed by atoms with Crippen molar-refractivity contribution in [3.63, 3.8) is 0 Å². The van der Waals surface area contributed by atoms with Crippen molar-refractivity contribution in [2.24, 2.45) is 5.92 Å². The fourth-order valence-corrected chi connectivity index (χ4v) is 3.63. The Morgan fingerprint density at radius 1 is 1.19 bits per heavy atom. The van der Waals surface area contributed by atoms with Gasteiger partial charge < -0.3 is 19.3 Å². The van der Waals surface area contributed by atoms with Gasteiger partial charge in [-0.05, 0) is 45.6 Å². The fourth-order valence-electron chi connectivity index (χ4n) is 3.63. The van der Waals surface area contributed by atoms with Gasteiger partial charge in [-0.25, -0.2) is 14.2 Å². The van der Waals surface area contributed by atoms with Crippen LogP contribution >= 0.6 is 0 Å². The third-order valence-electron chi connectivity index (χ3n) is 4.86. The predicted molar refractivity (Wildman–Crippen MR) is 96.1 cm³/mol. The Morgan fingerprint density at radius 2 is 1.93 bits per heavy atom. The number of carbonyl (C=O) groups is 2. The lowest BCUT2D eigenvalue weighted by molar-refractivity contribution is 0.0230. The molecule has 0 spiro atoms. The number of methoxy groups -OCH3 is 1. The predicted octanol–water partition coefficient (Wildman–Crippen LogP) is 2.70. The van der Waals surface area contributed by atoms with E-state index in [1.807, 2.05) is 20.8 Å². The minimum atomic E-state index is -0.676. The van der Waals surface area contributed by atoms with Crippen LogP contribution in [0.15, 0.2) is 12.1 Å². The number of pyridine rings is 1. The summed E-state index contributed by atoms with van der Waals surface area (Å²) in [5, 5.41) is 0. The number of ether oxygens (including phenoxy) is 2. The zero-order chi connectivity index (χ0) is 19.8. The van der Waals surface area contributed by atoms with E-state index in [1.165, 1.54) is 19.2 Å². The van der Waals surface area contributed by atoms with Crippen LogP contribution in [0.2, 0.25) is 0 Å². The highest BCUT2D eigenvalue weighted by Gasteiger charge is 2.40. The van der Waals surface area contributed by atoms with E-state index in [9.17, 15) is 14.0 Å². The molecule has 2 bridgehead atoms. The molecule has 1 aromatic rings. The van der Waals surface area contributed by atoms with Gasteiger partial charge in [0.05, 0.1) is 7.11 Å². The van der Waals surface area contributed by atoms with Gasteiger partial charge in [-0.3, -0.25) is 4.79 Å². The Balaban J connectivity index is 1.79. The first-order chi connectivity index (χ1) is 12.7. The molecule has 148 valence electrons. The molecule has 27 heavy (non-hydrogen) atoms. The van der Waals surface area contributed by atoms with Crippen molar-refractivity contribution in [2.45, 2.75) is 45.3 Å². The number of hydrogen-bond acceptors (Lipinski definition) is 5. The van der Waals surface area contributed by atoms with E-state index in [4.69, 9.17) is 9.47 Å². The molecular formula is C19H26FN3O4. The van der Waals surface area contributed by atoms with E-state index in [0.717, 1.165) is 12.8 Å². The van der Waals surface area contributed by atoms with Gasteiger partial charge >= 0.3 is 6.09 Å². The van der Waals surface area contributed by atoms with Gasteiger partial charge in [0, 0.05) is 31.7 Å². The third kappa shape index (κ3) is 4.31. The highest BCUT2D eigenvalue weighted by atomic mass is 19.1. The summed E-state index contributed by atoms with van der Waals surface area (Å²) >= 11 is 0. The van der Waals surface area contributed by atoms with Gasteiger partial charge in [-0.2, -0.15) is 0 Å². The van der Waals surface area contributed by atoms with E-state index >= 15 is 0 Å². The third-order valence-corrected chi connectivity index (χ3v) is 4.86. The van der Waals surface area contributed by atoms with E-state index in [-0.39, 0.29) is 29.6 Å². The van der Waals surface area contributed by atoms with Crippen molar-refractivity contribution in [1.82, 2.24) is 14.8 Å². The lowest BCUT2D eigenvalue weighted by Gasteiger charge is -2.35. The number of rotatable bonds is 2. The number of halogens is 1. The molecule has 2 atom stereocenters. The van der Waals surface area contributed by atoms with Gasteiger partial charge in [0.2, 0.25) is 5.88 Å². The molecule has 3 fully saturated rings. The van der Waals surface area contributed by atoms with Gasteiger partial charge in [0.25, 0.3) is 5.91 Å². The molecule has 2 amide bonds. The van der Waals surface area contributed by atoms with Crippen LogP contribution in [0.25, 0.3) is 0 Å². The second-order valence-corrected chi connectivity index (χ2v) is 8.12. The Hall–Kier alpha value is -2.38. The standard InChI is InChI=1S/C19H26FN3O4/c1-19(2,3)27-18(25)22-9-12-5-6-13(11-22)23(10-12)17(24)16-14(20)7-8-15(21-16)26-4/h7-8,12-13H,5-6,9-11H2,1-4H3. The molecule has 4 rings (SSSR count). The van der Waals surface area contributed by atoms with E-state index in [1.54, 1.807) is 9.80 Å². The van der Waals surface area contributed by atoms with Crippen LogP contribution in [0.4, 0.5) is 9.18 Å². The van der Waals surface area contributed by atoms with E-state index < -0.39 is 17.3 Å². The lowest BCUT2D eigenvalue weighted by Crippen LogP contribution is -2.48. The second kappa shape index (κ2) is 7.32. The Kier molecular flexibility index (Phi) is 5.26. The SMILES string of the molecule is COc1ccc(F)c(C(=O)N2CC3CCC2CN(C(=O)OC(C)(C)C)C3)n1. The molecule has 0 aliphatic carbocycles. The lowest BCUT2D eigenvalue weighted by atomic mass is 9.94. The molecule has 0 radical (unpaired) electrons. The molecule has 3 aliphatic heterocycles. The topological polar surface area (TPSA) is 72.0 Å². The zero-order valence-electron chi connectivity index (χ0n) is 16.2. The number of nitrogens with zero attached hydrogens (tertiary/aromatic N) is 3. The first kappa shape index (κ1) is 19.4. The molecule has 3 saturated heterocycles. The first-order valence-electron chi connectivity index (χ1n) is 9.17. The van der Waals surface area contributed by atoms with Crippen LogP contribution in [-0.4, -0.2) is 65.2 Å². The summed E-state index contributed by atoms with van der Waals surface area (Å²) in [6.07, 6.45) is 1.31. The van der Waals surface area contributed by atoms with Crippen LogP contribution < -0.4 is 4.74 Å². The molecule has 7 nitrogen and oxygen atoms in total. The number of carbonyl (C=O) groups excluding carboxylic acids is 2. The summed E-state index contributed by atoms with van der Waals surface area (Å²) in [7, 11) is 1.42. The monoisotopic (exact) mass is 379 g/mol. The van der Waals surface area contributed by atoms with E-state index in [2.05, 4.69) is 4.98 Å². The maximum atomic E-state index is 14.2. The molecule has 0 N–H and O–H groups in total. The molecule has 1 aromatic heterocycles. The summed E-state index contributed by atoms with van der Waals surface area (Å²) in [6, 6.07) is 2.38. The highest BCUT2D eigenvalue weighted by molar-refractivity contribution is 5.93. The maximum Gasteiger partial charge on any atom is 0.410 e. The van der Waals surface area contributed by atoms with E-state index in [0.29, 0.717) is 19.6 Å². The van der Waals surface area contributed by atoms with Crippen molar-refractivity contribution in [3.8, 4) is 5.88 Å². The Labute approximate surface area is 158 Å². The van der Waals surface area contributed by atoms with Gasteiger partial charge in [-0.15, -0.1) is 0 Å². The molecule has 0 saturated carbocycles. The smallest absolute Gasteiger partial charge is 0.410 e. The molecule has 4 heterocycles. The van der Waals surface area contributed by atoms with Crippen molar-refractivity contribution >= 4 is 12.0 Å². The molecule has 3 aliphatic rings. The highest BCUT2D eigenvalue weighted by Crippen LogP contribution is 2.30. The van der Waals surface area contributed by atoms with Crippen LogP contribution in [0.5, 0.6) is 5.88 Å². The van der Waals surface area contributed by atoms with Crippen molar-refractivity contribution in [2.75, 3.05) is 26.7 Å². The number of fused-ring (bicyclic) bond motifs is 4. The second-order valence-electron chi connectivity index (χ2n) is 8.12. The number of piperidine rings is 1. The van der Waals surface area contributed by atoms with Crippen molar-refractivity contribution < 1.29 is 23.5 Å². The average Bonchev–Trinajstić information content (AvgIpc) is 2.92. The van der Waals surface area contributed by atoms with Crippen molar-refractivity contribution in [3.05, 3.63) is 23.6 Å². The summed E-state index contributed by atoms with van der Waals surface area (Å²) < 4.78 is 24.7. The Bertz CT molecular complexity index is 734. The molecule has 0 aromatic carbocycles.